The van der Waals surface area contributed by atoms with E-state index in [1.165, 1.54) is 45.0 Å². The van der Waals surface area contributed by atoms with Gasteiger partial charge in [0.25, 0.3) is 0 Å². The van der Waals surface area contributed by atoms with E-state index < -0.39 is 57.1 Å². The molecule has 0 amide bonds. The van der Waals surface area contributed by atoms with Crippen LogP contribution in [0.4, 0.5) is 4.39 Å². The van der Waals surface area contributed by atoms with Crippen molar-refractivity contribution in [3.63, 3.8) is 0 Å². The molecule has 350 valence electrons. The summed E-state index contributed by atoms with van der Waals surface area (Å²) in [6, 6.07) is 39.7. The van der Waals surface area contributed by atoms with Crippen molar-refractivity contribution in [3.8, 4) is 50.0 Å². The number of thiazole rings is 1. The van der Waals surface area contributed by atoms with Crippen molar-refractivity contribution in [3.05, 3.63) is 186 Å². The number of para-hydroxylation sites is 2. The van der Waals surface area contributed by atoms with E-state index in [0.717, 1.165) is 33.4 Å². The van der Waals surface area contributed by atoms with Crippen LogP contribution in [0, 0.1) is 53.3 Å². The van der Waals surface area contributed by atoms with Crippen molar-refractivity contribution in [1.82, 2.24) is 14.5 Å². The minimum absolute atomic E-state index is 0. The molecule has 0 aliphatic rings. The summed E-state index contributed by atoms with van der Waals surface area (Å²) in [5.41, 5.74) is 9.97. The zero-order valence-corrected chi connectivity index (χ0v) is 44.7. The third-order valence-electron chi connectivity index (χ3n) is 12.3. The molecule has 10 rings (SSSR count). The molecule has 4 heterocycles. The summed E-state index contributed by atoms with van der Waals surface area (Å²) in [4.78, 5) is 8.97. The minimum atomic E-state index is -2.79. The van der Waals surface area contributed by atoms with Crippen molar-refractivity contribution in [2.75, 3.05) is 0 Å². The smallest absolute Gasteiger partial charge is 0.202 e. The Bertz CT molecular complexity index is 3880. The van der Waals surface area contributed by atoms with Crippen LogP contribution in [0.1, 0.15) is 94.4 Å². The zero-order valence-electron chi connectivity index (χ0n) is 51.4. The number of aryl methyl sites for hydroxylation is 4. The summed E-state index contributed by atoms with van der Waals surface area (Å²) in [6.45, 7) is 2.80. The van der Waals surface area contributed by atoms with Crippen LogP contribution in [0.2, 0.25) is 17.3 Å². The molecule has 0 radical (unpaired) electrons. The number of hydrogen-bond acceptors (Lipinski definition) is 4. The van der Waals surface area contributed by atoms with Gasteiger partial charge in [-0.15, -0.1) is 40.7 Å². The molecule has 10 aromatic rings. The molecule has 9 heteroatoms. The molecule has 5 nitrogen and oxygen atoms in total. The molecule has 0 unspecified atom stereocenters. The minimum Gasteiger partial charge on any atom is -0.202 e. The van der Waals surface area contributed by atoms with Gasteiger partial charge in [-0.05, 0) is 32.2 Å². The molecule has 6 aromatic carbocycles. The zero-order chi connectivity index (χ0) is 58.3. The number of benzene rings is 6. The Morgan fingerprint density at radius 3 is 2.10 bits per heavy atom. The molecule has 69 heavy (non-hydrogen) atoms. The van der Waals surface area contributed by atoms with Gasteiger partial charge in [0.1, 0.15) is 5.01 Å². The average molecular weight is 1180 g/mol. The van der Waals surface area contributed by atoms with Crippen LogP contribution in [0.15, 0.2) is 126 Å². The molecule has 4 aromatic heterocycles. The van der Waals surface area contributed by atoms with E-state index in [4.69, 9.17) is 25.9 Å². The van der Waals surface area contributed by atoms with Gasteiger partial charge in [-0.25, -0.2) is 9.37 Å². The molecule has 0 aliphatic heterocycles. The van der Waals surface area contributed by atoms with E-state index >= 15 is 4.39 Å². The van der Waals surface area contributed by atoms with E-state index in [9.17, 15) is 0 Å². The fraction of sp³-hybridized carbons (Fsp3) is 0.217. The Kier molecular flexibility index (Phi) is 10.3. The summed E-state index contributed by atoms with van der Waals surface area (Å²) in [6.07, 6.45) is 1.44. The van der Waals surface area contributed by atoms with Crippen LogP contribution >= 0.6 is 11.3 Å². The first kappa shape index (κ1) is 36.2. The molecule has 0 aliphatic carbocycles. The second-order valence-corrected chi connectivity index (χ2v) is 30.4. The second-order valence-electron chi connectivity index (χ2n) is 18.7. The van der Waals surface area contributed by atoms with E-state index in [2.05, 4.69) is 117 Å². The van der Waals surface area contributed by atoms with Crippen LogP contribution in [0.25, 0.3) is 83.0 Å². The van der Waals surface area contributed by atoms with Gasteiger partial charge in [0, 0.05) is 33.8 Å². The summed E-state index contributed by atoms with van der Waals surface area (Å²) in [5.74, 6) is 7.33. The summed E-state index contributed by atoms with van der Waals surface area (Å²) in [7, 11) is 3.81. The van der Waals surface area contributed by atoms with E-state index in [0.29, 0.717) is 55.9 Å². The topological polar surface area (TPSA) is 47.7 Å². The Morgan fingerprint density at radius 2 is 1.46 bits per heavy atom. The van der Waals surface area contributed by atoms with Gasteiger partial charge in [-0.2, -0.15) is 18.6 Å². The normalized spacial score (nSPS) is 15.0. The molecule has 0 saturated carbocycles. The molecule has 0 saturated heterocycles. The van der Waals surface area contributed by atoms with E-state index in [-0.39, 0.29) is 59.2 Å². The first-order valence-corrected chi connectivity index (χ1v) is 30.6. The number of imidazole rings is 1. The predicted molar refractivity (Wildman–Crippen MR) is 287 cm³/mol. The number of pyridine rings is 1. The number of hydrogen-bond donors (Lipinski definition) is 0. The Balaban J connectivity index is 0.000000314. The van der Waals surface area contributed by atoms with Crippen molar-refractivity contribution in [2.24, 2.45) is 0 Å². The third kappa shape index (κ3) is 9.49. The summed E-state index contributed by atoms with van der Waals surface area (Å²) in [5, 5.41) is 1.09. The van der Waals surface area contributed by atoms with Crippen molar-refractivity contribution in [2.45, 2.75) is 84.2 Å². The quantitative estimate of drug-likeness (QED) is 0.0865. The van der Waals surface area contributed by atoms with Gasteiger partial charge in [0.05, 0.1) is 23.1 Å². The molecule has 0 fully saturated rings. The van der Waals surface area contributed by atoms with Crippen LogP contribution in [0.3, 0.4) is 0 Å². The first-order valence-electron chi connectivity index (χ1n) is 28.4. The maximum atomic E-state index is 16.7. The van der Waals surface area contributed by atoms with E-state index in [1.807, 2.05) is 24.3 Å². The first-order chi connectivity index (χ1) is 37.2. The summed E-state index contributed by atoms with van der Waals surface area (Å²) >= 11 is -1.35. The standard InChI is InChI=1S/C45H43FGeN3OS.C15H16N.Ir/c1-25(2)36-23-30(29-17-19-31(20-18-29)47(7,8)9)24-37(26(3)4)41(36)50-39-16-11-10-15-38(39)49-44(50)35-14-12-13-32-33-21-22-34(40(46)43(33)51-42(32)35)45-48-27(5)28(6)52-45;1-11-5-7-14(13(3)9-11)15-8-6-12(2)10-16(15)4;/h10-13,15-26H,1-9H3;5-10H,3-4H2,1-2H3;/q2*-1;+3/i5D3,6D3;1D3,2D3;. The van der Waals surface area contributed by atoms with E-state index in [1.54, 1.807) is 24.3 Å². The molecule has 0 spiro atoms. The summed E-state index contributed by atoms with van der Waals surface area (Å²) < 4.78 is 120. The SMILES string of the molecule is [2H]C([2H])([2H])c1ccc(-c2ccc(C([2H])([2H])[2H])c[n+]2[CH2-])c([CH2-])c1.[2H]C([2H])([2H])c1nc(-c2ccc3c(oc4c(-c5nc6ccccc6n5-c5c(C(C)C)cc(-c6cc[c]([Ge]([CH3])([CH3])[CH3])cc6)cc5C(C)C)[c-]ccc43)c2F)sc1C([2H])([2H])[2H].[Ir+3]. The maximum absolute atomic E-state index is 16.7. The fourth-order valence-electron chi connectivity index (χ4n) is 8.74. The van der Waals surface area contributed by atoms with Gasteiger partial charge < -0.3 is 8.98 Å². The fourth-order valence-corrected chi connectivity index (χ4v) is 11.9. The number of halogens is 1. The molecule has 0 atom stereocenters. The number of furan rings is 1. The Hall–Kier alpha value is -5.77. The van der Waals surface area contributed by atoms with Crippen LogP contribution in [-0.4, -0.2) is 27.8 Å². The van der Waals surface area contributed by atoms with Crippen LogP contribution in [0.5, 0.6) is 0 Å². The predicted octanol–water partition coefficient (Wildman–Crippen LogP) is 15.8. The van der Waals surface area contributed by atoms with Gasteiger partial charge in [0.2, 0.25) is 0 Å². The van der Waals surface area contributed by atoms with Gasteiger partial charge in [0.15, 0.2) is 11.4 Å². The Labute approximate surface area is 444 Å². The van der Waals surface area contributed by atoms with Gasteiger partial charge >= 0.3 is 221 Å². The molecular formula is C60H59FGeIrN4OS+. The molecule has 0 bridgehead atoms. The molecular weight excluding hydrogens is 1110 g/mol. The number of fused-ring (bicyclic) bond motifs is 4. The van der Waals surface area contributed by atoms with Gasteiger partial charge in [-0.1, -0.05) is 42.6 Å². The number of rotatable bonds is 8. The molecule has 0 N–H and O–H groups in total. The average Bonchev–Trinajstić information content (AvgIpc) is 4.23. The van der Waals surface area contributed by atoms with Crippen molar-refractivity contribution >= 4 is 62.0 Å². The monoisotopic (exact) mass is 1180 g/mol. The van der Waals surface area contributed by atoms with Gasteiger partial charge in [-0.3, -0.25) is 0 Å². The van der Waals surface area contributed by atoms with Crippen LogP contribution < -0.4 is 8.96 Å². The third-order valence-corrected chi connectivity index (χ3v) is 17.5. The van der Waals surface area contributed by atoms with Crippen molar-refractivity contribution in [1.29, 1.82) is 0 Å². The number of nitrogens with zero attached hydrogens (tertiary/aromatic N) is 4. The second kappa shape index (κ2) is 19.6. The Morgan fingerprint density at radius 1 is 0.768 bits per heavy atom. The number of aromatic nitrogens is 4. The van der Waals surface area contributed by atoms with Crippen molar-refractivity contribution < 1.29 is 49.9 Å². The van der Waals surface area contributed by atoms with Crippen LogP contribution in [-0.2, 0) is 20.1 Å².